The van der Waals surface area contributed by atoms with Crippen molar-refractivity contribution in [2.45, 2.75) is 146 Å². The smallest absolute Gasteiger partial charge is 0.305 e. The number of hydrogen-bond donors (Lipinski definition) is 6. The van der Waals surface area contributed by atoms with Gasteiger partial charge in [-0.25, -0.2) is 48.7 Å². The fourth-order valence-corrected chi connectivity index (χ4v) is 13.9. The van der Waals surface area contributed by atoms with Gasteiger partial charge >= 0.3 is 5.92 Å². The molecule has 0 spiro atoms. The maximum absolute atomic E-state index is 14.1. The van der Waals surface area contributed by atoms with Crippen LogP contribution in [0.1, 0.15) is 124 Å². The van der Waals surface area contributed by atoms with Crippen molar-refractivity contribution in [3.05, 3.63) is 303 Å². The SMILES string of the molecule is Cc1cc(NC2Cc3ccccc3C2)n2ncnc2n1.Cc1cc(Nc2ccc(C)c(F)c2)n2ccnc2n1.Cc1cc(Nc2ccc3c(c2)CCCC3)n2ccnc2n1.Cc1ccc(Nc2cc(C)nc3nc(C(C)(C)F)nn23)cc1.Cc1ccc(Nc2cc(C)nc3nc(C(C)(F)F)nn23)cc1.Cc1ccc(Nc2cc(C)nc3ncnn23)cc1. The largest absolute Gasteiger partial charge is 0.366 e. The van der Waals surface area contributed by atoms with Crippen molar-refractivity contribution in [3.8, 4) is 0 Å². The number of imidazole rings is 2. The summed E-state index contributed by atoms with van der Waals surface area (Å²) in [4.78, 5) is 50.5. The molecule has 0 amide bonds. The fraction of sp³-hybridized carbons (Fsp3) is 0.244. The molecule has 2 aliphatic carbocycles. The molecule has 18 aromatic rings. The Morgan fingerprint density at radius 2 is 0.730 bits per heavy atom. The summed E-state index contributed by atoms with van der Waals surface area (Å²) in [6, 6.07) is 56.2. The van der Waals surface area contributed by atoms with Crippen LogP contribution in [0.25, 0.3) is 34.7 Å². The molecule has 0 unspecified atom stereocenters. The Bertz CT molecular complexity index is 6570. The molecule has 0 bridgehead atoms. The first-order valence-corrected chi connectivity index (χ1v) is 39.9. The monoisotopic (exact) mass is 1640 g/mol. The maximum Gasteiger partial charge on any atom is 0.305 e. The Balaban J connectivity index is 0.000000114. The number of nitrogens with one attached hydrogen (secondary N) is 6. The van der Waals surface area contributed by atoms with E-state index < -0.39 is 17.4 Å². The van der Waals surface area contributed by atoms with Crippen molar-refractivity contribution in [3.63, 3.8) is 0 Å². The predicted octanol–water partition coefficient (Wildman–Crippen LogP) is 18.7. The van der Waals surface area contributed by atoms with E-state index >= 15 is 0 Å². The Labute approximate surface area is 700 Å². The first-order valence-electron chi connectivity index (χ1n) is 39.9. The van der Waals surface area contributed by atoms with Gasteiger partial charge in [0.2, 0.25) is 17.4 Å². The van der Waals surface area contributed by atoms with Crippen LogP contribution in [0.4, 0.5) is 80.9 Å². The molecule has 122 heavy (non-hydrogen) atoms. The van der Waals surface area contributed by atoms with Crippen LogP contribution in [0, 0.1) is 75.1 Å². The van der Waals surface area contributed by atoms with Crippen LogP contribution >= 0.6 is 0 Å². The normalized spacial score (nSPS) is 12.4. The first-order chi connectivity index (χ1) is 58.6. The van der Waals surface area contributed by atoms with Crippen molar-refractivity contribution in [2.24, 2.45) is 0 Å². The van der Waals surface area contributed by atoms with E-state index in [1.807, 2.05) is 167 Å². The highest BCUT2D eigenvalue weighted by Crippen LogP contribution is 2.32. The summed E-state index contributed by atoms with van der Waals surface area (Å²) in [5.41, 5.74) is 18.2. The summed E-state index contributed by atoms with van der Waals surface area (Å²) in [6.07, 6.45) is 17.4. The molecule has 6 N–H and O–H groups in total. The van der Waals surface area contributed by atoms with E-state index in [4.69, 9.17) is 0 Å². The number of benzene rings is 6. The Morgan fingerprint density at radius 1 is 0.352 bits per heavy atom. The quantitative estimate of drug-likeness (QED) is 0.0551. The van der Waals surface area contributed by atoms with E-state index in [2.05, 4.69) is 174 Å². The lowest BCUT2D eigenvalue weighted by Crippen LogP contribution is -2.21. The second-order valence-corrected chi connectivity index (χ2v) is 30.9. The van der Waals surface area contributed by atoms with Gasteiger partial charge < -0.3 is 31.9 Å². The number of alkyl halides is 3. The molecule has 28 nitrogen and oxygen atoms in total. The summed E-state index contributed by atoms with van der Waals surface area (Å²) < 4.78 is 64.5. The molecule has 0 fully saturated rings. The third kappa shape index (κ3) is 20.0. The third-order valence-corrected chi connectivity index (χ3v) is 20.0. The summed E-state index contributed by atoms with van der Waals surface area (Å²) in [7, 11) is 0. The molecule has 6 aromatic carbocycles. The average Bonchev–Trinajstić information content (AvgIpc) is 1.64. The van der Waals surface area contributed by atoms with Gasteiger partial charge in [0.25, 0.3) is 23.1 Å². The first kappa shape index (κ1) is 82.4. The summed E-state index contributed by atoms with van der Waals surface area (Å²) in [5, 5.41) is 36.5. The van der Waals surface area contributed by atoms with Gasteiger partial charge in [0, 0.05) is 137 Å². The van der Waals surface area contributed by atoms with E-state index in [0.29, 0.717) is 57.7 Å². The van der Waals surface area contributed by atoms with E-state index in [1.54, 1.807) is 47.4 Å². The topological polar surface area (TPSA) is 305 Å². The molecule has 0 saturated heterocycles. The zero-order chi connectivity index (χ0) is 85.5. The molecular weight excluding hydrogens is 1550 g/mol. The van der Waals surface area contributed by atoms with Crippen LogP contribution in [0.3, 0.4) is 0 Å². The van der Waals surface area contributed by atoms with Gasteiger partial charge in [-0.3, -0.25) is 8.80 Å². The molecule has 12 aromatic heterocycles. The molecule has 0 atom stereocenters. The number of halogens is 4. The van der Waals surface area contributed by atoms with Gasteiger partial charge in [-0.05, 0) is 210 Å². The zero-order valence-corrected chi connectivity index (χ0v) is 69.8. The van der Waals surface area contributed by atoms with Crippen LogP contribution in [-0.2, 0) is 37.3 Å². The second-order valence-electron chi connectivity index (χ2n) is 30.9. The lowest BCUT2D eigenvalue weighted by Gasteiger charge is -2.17. The molecule has 0 aliphatic heterocycles. The van der Waals surface area contributed by atoms with E-state index in [0.717, 1.165) is 106 Å². The number of rotatable bonds is 14. The molecular formula is C90H92F4N28. The molecule has 12 heterocycles. The minimum absolute atomic E-state index is 0.123. The van der Waals surface area contributed by atoms with Gasteiger partial charge in [0.1, 0.15) is 53.4 Å². The number of aromatic nitrogens is 22. The maximum atomic E-state index is 14.1. The van der Waals surface area contributed by atoms with Gasteiger partial charge in [0.15, 0.2) is 11.5 Å². The predicted molar refractivity (Wildman–Crippen MR) is 467 cm³/mol. The van der Waals surface area contributed by atoms with Crippen LogP contribution in [0.2, 0.25) is 0 Å². The van der Waals surface area contributed by atoms with E-state index in [9.17, 15) is 17.6 Å². The molecule has 0 radical (unpaired) electrons. The molecule has 20 rings (SSSR count). The highest BCUT2D eigenvalue weighted by atomic mass is 19.3. The highest BCUT2D eigenvalue weighted by Gasteiger charge is 2.32. The highest BCUT2D eigenvalue weighted by molar-refractivity contribution is 5.65. The molecule has 2 aliphatic rings. The van der Waals surface area contributed by atoms with Crippen molar-refractivity contribution in [2.75, 3.05) is 31.9 Å². The van der Waals surface area contributed by atoms with Gasteiger partial charge in [-0.2, -0.15) is 57.0 Å². The minimum Gasteiger partial charge on any atom is -0.366 e. The molecule has 620 valence electrons. The zero-order valence-electron chi connectivity index (χ0n) is 69.8. The molecule has 0 saturated carbocycles. The van der Waals surface area contributed by atoms with Crippen molar-refractivity contribution in [1.29, 1.82) is 0 Å². The van der Waals surface area contributed by atoms with E-state index in [-0.39, 0.29) is 17.4 Å². The molecule has 32 heteroatoms. The number of fused-ring (bicyclic) bond motifs is 8. The lowest BCUT2D eigenvalue weighted by atomic mass is 9.91. The van der Waals surface area contributed by atoms with Crippen LogP contribution in [0.15, 0.2) is 207 Å². The summed E-state index contributed by atoms with van der Waals surface area (Å²) >= 11 is 0. The van der Waals surface area contributed by atoms with Crippen LogP contribution < -0.4 is 31.9 Å². The van der Waals surface area contributed by atoms with Crippen LogP contribution in [0.5, 0.6) is 0 Å². The number of hydrogen-bond acceptors (Lipinski definition) is 22. The third-order valence-electron chi connectivity index (χ3n) is 20.0. The summed E-state index contributed by atoms with van der Waals surface area (Å²) in [5.74, 6) is 4.25. The fourth-order valence-electron chi connectivity index (χ4n) is 13.9. The average molecular weight is 1640 g/mol. The van der Waals surface area contributed by atoms with Crippen molar-refractivity contribution >= 4 is 98.0 Å². The standard InChI is InChI=1S/C17H18N4.C16H18FN5.C15H15F2N5.C15H15N5.C14H13FN4.C13H13N5/c1-12-10-16(21-9-8-18-17(21)19-12)20-15-7-6-13-4-2-3-5-14(13)11-15;1-10-5-7-12(8-6-10)19-13-9-11(2)18-15-20-14(16(3,4)17)21-22(13)15;1-9-4-6-11(7-5-9)19-12-8-10(2)18-14-20-13(15(3,16)17)21-22(12)14;1-10-6-14(20-15(18-10)16-9-17-20)19-13-7-11-4-2-3-5-12(11)8-13;1-9-3-4-11(8-12(9)15)18-13-7-10(2)17-14-16-5-6-19(13)14;1-9-3-5-11(6-4-9)17-12-7-10(2)16-13-14-8-15-18(12)13/h6-11,20H,2-5H2,1H3;5-9,19H,1-4H3;4-8,19H,1-3H3;2-6,9,13,19H,7-8H2,1H3;3-8,18H,1-2H3;3-8,17H,1-2H3. The summed E-state index contributed by atoms with van der Waals surface area (Å²) in [6.45, 7) is 22.9. The van der Waals surface area contributed by atoms with Gasteiger partial charge in [-0.15, -0.1) is 10.2 Å². The number of anilines is 11. The number of aryl methyl sites for hydroxylation is 12. The Morgan fingerprint density at radius 3 is 1.19 bits per heavy atom. The van der Waals surface area contributed by atoms with Gasteiger partial charge in [0.05, 0.1) is 0 Å². The van der Waals surface area contributed by atoms with Crippen molar-refractivity contribution in [1.82, 2.24) is 107 Å². The Kier molecular flexibility index (Phi) is 23.9. The van der Waals surface area contributed by atoms with Gasteiger partial charge in [-0.1, -0.05) is 89.5 Å². The Hall–Kier alpha value is -14.7. The lowest BCUT2D eigenvalue weighted by molar-refractivity contribution is 0.00799. The van der Waals surface area contributed by atoms with Crippen LogP contribution in [-0.4, -0.2) is 113 Å². The number of nitrogens with zero attached hydrogens (tertiary/aromatic N) is 22. The van der Waals surface area contributed by atoms with E-state index in [1.165, 1.54) is 101 Å². The van der Waals surface area contributed by atoms with Crippen molar-refractivity contribution < 1.29 is 17.6 Å². The second kappa shape index (κ2) is 35.5. The minimum atomic E-state index is -3.11.